The van der Waals surface area contributed by atoms with Gasteiger partial charge in [0.15, 0.2) is 0 Å². The van der Waals surface area contributed by atoms with Crippen LogP contribution in [0.5, 0.6) is 0 Å². The van der Waals surface area contributed by atoms with Crippen LogP contribution in [0, 0.1) is 0 Å². The molecule has 0 aromatic heterocycles. The SMILES string of the molecule is CF.O=CNC1CCNCC1. The van der Waals surface area contributed by atoms with Crippen molar-refractivity contribution in [3.63, 3.8) is 0 Å². The molecule has 0 aliphatic carbocycles. The van der Waals surface area contributed by atoms with Crippen LogP contribution in [0.1, 0.15) is 12.8 Å². The van der Waals surface area contributed by atoms with Gasteiger partial charge in [-0.15, -0.1) is 0 Å². The van der Waals surface area contributed by atoms with Crippen LogP contribution < -0.4 is 10.6 Å². The molecule has 0 aromatic carbocycles. The summed E-state index contributed by atoms with van der Waals surface area (Å²) in [6, 6.07) is 0.420. The van der Waals surface area contributed by atoms with Crippen molar-refractivity contribution in [1.29, 1.82) is 0 Å². The molecule has 1 aliphatic rings. The summed E-state index contributed by atoms with van der Waals surface area (Å²) in [5.74, 6) is 0. The van der Waals surface area contributed by atoms with Crippen LogP contribution >= 0.6 is 0 Å². The molecule has 11 heavy (non-hydrogen) atoms. The molecule has 0 bridgehead atoms. The number of rotatable bonds is 2. The van der Waals surface area contributed by atoms with Gasteiger partial charge in [-0.2, -0.15) is 0 Å². The van der Waals surface area contributed by atoms with Crippen LogP contribution in [0.3, 0.4) is 0 Å². The maximum atomic E-state index is 9.94. The van der Waals surface area contributed by atoms with Gasteiger partial charge >= 0.3 is 0 Å². The average molecular weight is 162 g/mol. The largest absolute Gasteiger partial charge is 0.356 e. The van der Waals surface area contributed by atoms with Crippen LogP contribution in [-0.2, 0) is 4.79 Å². The lowest BCUT2D eigenvalue weighted by Crippen LogP contribution is -2.39. The van der Waals surface area contributed by atoms with Crippen molar-refractivity contribution in [2.75, 3.05) is 20.3 Å². The van der Waals surface area contributed by atoms with Crippen LogP contribution in [0.4, 0.5) is 4.39 Å². The van der Waals surface area contributed by atoms with Crippen LogP contribution in [0.25, 0.3) is 0 Å². The Morgan fingerprint density at radius 2 is 2.00 bits per heavy atom. The first kappa shape index (κ1) is 10.4. The Balaban J connectivity index is 0.000000461. The Labute approximate surface area is 66.4 Å². The minimum absolute atomic E-state index is 0.420. The molecule has 0 radical (unpaired) electrons. The highest BCUT2D eigenvalue weighted by molar-refractivity contribution is 5.46. The van der Waals surface area contributed by atoms with Gasteiger partial charge in [0, 0.05) is 6.04 Å². The molecular formula is C7H15FN2O. The van der Waals surface area contributed by atoms with Gasteiger partial charge in [-0.25, -0.2) is 0 Å². The van der Waals surface area contributed by atoms with Gasteiger partial charge in [0.2, 0.25) is 6.41 Å². The molecule has 0 atom stereocenters. The van der Waals surface area contributed by atoms with E-state index in [0.29, 0.717) is 13.2 Å². The first-order valence-corrected chi connectivity index (χ1v) is 3.71. The van der Waals surface area contributed by atoms with Gasteiger partial charge in [0.25, 0.3) is 0 Å². The molecule has 0 saturated carbocycles. The number of amides is 1. The molecular weight excluding hydrogens is 147 g/mol. The number of halogens is 1. The Morgan fingerprint density at radius 1 is 1.45 bits per heavy atom. The maximum absolute atomic E-state index is 9.94. The first-order chi connectivity index (χ1) is 5.43. The molecule has 1 aliphatic heterocycles. The topological polar surface area (TPSA) is 41.1 Å². The Kier molecular flexibility index (Phi) is 7.03. The van der Waals surface area contributed by atoms with E-state index in [4.69, 9.17) is 0 Å². The molecule has 1 fully saturated rings. The summed E-state index contributed by atoms with van der Waals surface area (Å²) in [7, 11) is 0.500. The lowest BCUT2D eigenvalue weighted by molar-refractivity contribution is -0.110. The second-order valence-electron chi connectivity index (χ2n) is 2.31. The minimum atomic E-state index is 0.420. The second kappa shape index (κ2) is 7.47. The zero-order chi connectivity index (χ0) is 8.53. The summed E-state index contributed by atoms with van der Waals surface area (Å²) in [6.45, 7) is 2.07. The van der Waals surface area contributed by atoms with Crippen molar-refractivity contribution >= 4 is 6.41 Å². The number of hydrogen-bond acceptors (Lipinski definition) is 2. The van der Waals surface area contributed by atoms with Crippen molar-refractivity contribution in [1.82, 2.24) is 10.6 Å². The predicted molar refractivity (Wildman–Crippen MR) is 42.1 cm³/mol. The highest BCUT2D eigenvalue weighted by Gasteiger charge is 2.09. The molecule has 0 unspecified atom stereocenters. The third-order valence-corrected chi connectivity index (χ3v) is 1.64. The zero-order valence-electron chi connectivity index (χ0n) is 6.77. The summed E-state index contributed by atoms with van der Waals surface area (Å²) in [5.41, 5.74) is 0. The molecule has 3 nitrogen and oxygen atoms in total. The van der Waals surface area contributed by atoms with E-state index in [-0.39, 0.29) is 0 Å². The first-order valence-electron chi connectivity index (χ1n) is 3.71. The molecule has 4 heteroatoms. The average Bonchev–Trinajstić information content (AvgIpc) is 2.11. The molecule has 2 N–H and O–H groups in total. The van der Waals surface area contributed by atoms with E-state index in [0.717, 1.165) is 32.3 Å². The van der Waals surface area contributed by atoms with Crippen LogP contribution in [-0.4, -0.2) is 32.7 Å². The number of carbonyl (C=O) groups is 1. The molecule has 66 valence electrons. The van der Waals surface area contributed by atoms with Crippen molar-refractivity contribution < 1.29 is 9.18 Å². The van der Waals surface area contributed by atoms with Gasteiger partial charge in [-0.3, -0.25) is 9.18 Å². The third kappa shape index (κ3) is 4.72. The number of carbonyl (C=O) groups excluding carboxylic acids is 1. The molecule has 1 heterocycles. The maximum Gasteiger partial charge on any atom is 0.207 e. The summed E-state index contributed by atoms with van der Waals surface area (Å²) < 4.78 is 9.50. The van der Waals surface area contributed by atoms with Gasteiger partial charge in [-0.05, 0) is 25.9 Å². The molecule has 1 rings (SSSR count). The van der Waals surface area contributed by atoms with Crippen molar-refractivity contribution in [2.24, 2.45) is 0 Å². The van der Waals surface area contributed by atoms with E-state index in [1.54, 1.807) is 0 Å². The van der Waals surface area contributed by atoms with E-state index >= 15 is 0 Å². The fourth-order valence-corrected chi connectivity index (χ4v) is 1.08. The molecule has 1 amide bonds. The monoisotopic (exact) mass is 162 g/mol. The Morgan fingerprint density at radius 3 is 2.45 bits per heavy atom. The zero-order valence-corrected chi connectivity index (χ0v) is 6.77. The van der Waals surface area contributed by atoms with E-state index in [2.05, 4.69) is 10.6 Å². The van der Waals surface area contributed by atoms with Crippen LogP contribution in [0.15, 0.2) is 0 Å². The van der Waals surface area contributed by atoms with E-state index in [1.165, 1.54) is 0 Å². The third-order valence-electron chi connectivity index (χ3n) is 1.64. The van der Waals surface area contributed by atoms with Crippen molar-refractivity contribution in [3.05, 3.63) is 0 Å². The number of nitrogens with one attached hydrogen (secondary N) is 2. The Hall–Kier alpha value is -0.640. The highest BCUT2D eigenvalue weighted by atomic mass is 19.1. The van der Waals surface area contributed by atoms with E-state index in [9.17, 15) is 9.18 Å². The molecule has 0 aromatic rings. The number of hydrogen-bond donors (Lipinski definition) is 2. The van der Waals surface area contributed by atoms with E-state index < -0.39 is 0 Å². The van der Waals surface area contributed by atoms with Gasteiger partial charge in [0.1, 0.15) is 0 Å². The fourth-order valence-electron chi connectivity index (χ4n) is 1.08. The Bertz CT molecular complexity index is 94.4. The summed E-state index contributed by atoms with van der Waals surface area (Å²) in [5, 5.41) is 5.98. The predicted octanol–water partition coefficient (Wildman–Crippen LogP) is 0.0701. The lowest BCUT2D eigenvalue weighted by atomic mass is 10.1. The molecule has 1 saturated heterocycles. The fraction of sp³-hybridized carbons (Fsp3) is 0.857. The summed E-state index contributed by atoms with van der Waals surface area (Å²) >= 11 is 0. The lowest BCUT2D eigenvalue weighted by Gasteiger charge is -2.21. The van der Waals surface area contributed by atoms with E-state index in [1.807, 2.05) is 0 Å². The minimum Gasteiger partial charge on any atom is -0.356 e. The van der Waals surface area contributed by atoms with Crippen LogP contribution in [0.2, 0.25) is 0 Å². The standard InChI is InChI=1S/C6H12N2O.CH3F/c9-5-8-6-1-3-7-4-2-6;1-2/h5-7H,1-4H2,(H,8,9);1H3. The van der Waals surface area contributed by atoms with Gasteiger partial charge < -0.3 is 10.6 Å². The smallest absolute Gasteiger partial charge is 0.207 e. The highest BCUT2D eigenvalue weighted by Crippen LogP contribution is 1.99. The normalized spacial score (nSPS) is 18.0. The number of alkyl halides is 1. The van der Waals surface area contributed by atoms with Gasteiger partial charge in [0.05, 0.1) is 7.18 Å². The summed E-state index contributed by atoms with van der Waals surface area (Å²) in [6.07, 6.45) is 2.92. The molecule has 0 spiro atoms. The van der Waals surface area contributed by atoms with Crippen molar-refractivity contribution in [2.45, 2.75) is 18.9 Å². The number of piperidine rings is 1. The van der Waals surface area contributed by atoms with Gasteiger partial charge in [-0.1, -0.05) is 0 Å². The second-order valence-corrected chi connectivity index (χ2v) is 2.31. The van der Waals surface area contributed by atoms with Crippen molar-refractivity contribution in [3.8, 4) is 0 Å². The quantitative estimate of drug-likeness (QED) is 0.564. The summed E-state index contributed by atoms with van der Waals surface area (Å²) in [4.78, 5) is 9.94.